The van der Waals surface area contributed by atoms with E-state index in [4.69, 9.17) is 11.6 Å². The number of hydrogen-bond acceptors (Lipinski definition) is 1. The Bertz CT molecular complexity index is 581. The lowest BCUT2D eigenvalue weighted by molar-refractivity contribution is 0.173. The molecule has 1 N–H and O–H groups in total. The van der Waals surface area contributed by atoms with Crippen LogP contribution in [0.25, 0.3) is 0 Å². The second-order valence-electron chi connectivity index (χ2n) is 4.16. The Kier molecular flexibility index (Phi) is 4.12. The van der Waals surface area contributed by atoms with Gasteiger partial charge in [0.1, 0.15) is 17.5 Å². The summed E-state index contributed by atoms with van der Waals surface area (Å²) >= 11 is 5.72. The van der Waals surface area contributed by atoms with Crippen molar-refractivity contribution in [1.29, 1.82) is 0 Å². The molecule has 19 heavy (non-hydrogen) atoms. The Balaban J connectivity index is 2.25. The van der Waals surface area contributed by atoms with Crippen LogP contribution in [0.3, 0.4) is 0 Å². The van der Waals surface area contributed by atoms with E-state index in [1.165, 1.54) is 12.1 Å². The summed E-state index contributed by atoms with van der Waals surface area (Å²) in [6.45, 7) is 0. The maximum absolute atomic E-state index is 13.5. The highest BCUT2D eigenvalue weighted by atomic mass is 35.5. The fourth-order valence-corrected chi connectivity index (χ4v) is 2.01. The van der Waals surface area contributed by atoms with E-state index in [1.54, 1.807) is 0 Å². The molecule has 0 saturated carbocycles. The molecule has 2 rings (SSSR count). The van der Waals surface area contributed by atoms with E-state index in [0.29, 0.717) is 0 Å². The third-order valence-corrected chi connectivity index (χ3v) is 2.90. The van der Waals surface area contributed by atoms with Crippen molar-refractivity contribution in [2.75, 3.05) is 0 Å². The van der Waals surface area contributed by atoms with Crippen LogP contribution in [-0.2, 0) is 6.42 Å². The largest absolute Gasteiger partial charge is 0.388 e. The van der Waals surface area contributed by atoms with Crippen molar-refractivity contribution in [1.82, 2.24) is 0 Å². The van der Waals surface area contributed by atoms with E-state index in [9.17, 15) is 18.3 Å². The molecular formula is C14H10ClF3O. The first kappa shape index (κ1) is 13.9. The van der Waals surface area contributed by atoms with E-state index in [2.05, 4.69) is 0 Å². The zero-order chi connectivity index (χ0) is 14.0. The van der Waals surface area contributed by atoms with Gasteiger partial charge in [0.05, 0.1) is 6.10 Å². The molecule has 2 aromatic carbocycles. The summed E-state index contributed by atoms with van der Waals surface area (Å²) in [5.74, 6) is -2.10. The van der Waals surface area contributed by atoms with Gasteiger partial charge in [-0.25, -0.2) is 13.2 Å². The highest BCUT2D eigenvalue weighted by Crippen LogP contribution is 2.24. The van der Waals surface area contributed by atoms with Crippen LogP contribution in [0.2, 0.25) is 5.02 Å². The van der Waals surface area contributed by atoms with Crippen LogP contribution >= 0.6 is 11.6 Å². The van der Waals surface area contributed by atoms with Crippen molar-refractivity contribution in [3.05, 3.63) is 70.0 Å². The van der Waals surface area contributed by atoms with E-state index < -0.39 is 23.6 Å². The van der Waals surface area contributed by atoms with Gasteiger partial charge in [-0.3, -0.25) is 0 Å². The number of benzene rings is 2. The van der Waals surface area contributed by atoms with Crippen molar-refractivity contribution >= 4 is 11.6 Å². The molecule has 100 valence electrons. The first-order valence-corrected chi connectivity index (χ1v) is 5.91. The second-order valence-corrected chi connectivity index (χ2v) is 4.60. The maximum atomic E-state index is 13.5. The van der Waals surface area contributed by atoms with Crippen molar-refractivity contribution < 1.29 is 18.3 Å². The van der Waals surface area contributed by atoms with Gasteiger partial charge in [-0.05, 0) is 35.9 Å². The number of rotatable bonds is 3. The second kappa shape index (κ2) is 5.63. The molecule has 0 heterocycles. The van der Waals surface area contributed by atoms with Crippen molar-refractivity contribution in [2.24, 2.45) is 0 Å². The molecule has 1 unspecified atom stereocenters. The lowest BCUT2D eigenvalue weighted by atomic mass is 10.0. The van der Waals surface area contributed by atoms with Crippen LogP contribution in [0.4, 0.5) is 13.2 Å². The fourth-order valence-electron chi connectivity index (χ4n) is 1.83. The number of aliphatic hydroxyl groups is 1. The lowest BCUT2D eigenvalue weighted by Crippen LogP contribution is -2.05. The summed E-state index contributed by atoms with van der Waals surface area (Å²) in [7, 11) is 0. The first-order valence-electron chi connectivity index (χ1n) is 5.53. The van der Waals surface area contributed by atoms with Gasteiger partial charge in [-0.1, -0.05) is 11.6 Å². The molecule has 0 aliphatic rings. The zero-order valence-electron chi connectivity index (χ0n) is 9.71. The third kappa shape index (κ3) is 3.49. The van der Waals surface area contributed by atoms with Crippen LogP contribution in [0, 0.1) is 17.5 Å². The molecule has 0 radical (unpaired) electrons. The van der Waals surface area contributed by atoms with Gasteiger partial charge in [0.25, 0.3) is 0 Å². The van der Waals surface area contributed by atoms with E-state index in [-0.39, 0.29) is 22.6 Å². The van der Waals surface area contributed by atoms with Crippen molar-refractivity contribution in [3.8, 4) is 0 Å². The van der Waals surface area contributed by atoms with Crippen LogP contribution in [0.15, 0.2) is 36.4 Å². The number of hydrogen-bond donors (Lipinski definition) is 1. The molecule has 0 aliphatic carbocycles. The molecule has 0 aliphatic heterocycles. The monoisotopic (exact) mass is 286 g/mol. The van der Waals surface area contributed by atoms with Gasteiger partial charge >= 0.3 is 0 Å². The minimum Gasteiger partial charge on any atom is -0.388 e. The highest BCUT2D eigenvalue weighted by Gasteiger charge is 2.15. The predicted molar refractivity (Wildman–Crippen MR) is 66.4 cm³/mol. The summed E-state index contributed by atoms with van der Waals surface area (Å²) in [5.41, 5.74) is 0.238. The van der Waals surface area contributed by atoms with Crippen LogP contribution in [0.5, 0.6) is 0 Å². The topological polar surface area (TPSA) is 20.2 Å². The molecule has 2 aromatic rings. The zero-order valence-corrected chi connectivity index (χ0v) is 10.5. The molecule has 1 atom stereocenters. The van der Waals surface area contributed by atoms with Gasteiger partial charge in [0.2, 0.25) is 0 Å². The average molecular weight is 287 g/mol. The minimum absolute atomic E-state index is 0.00262. The van der Waals surface area contributed by atoms with Gasteiger partial charge < -0.3 is 5.11 Å². The quantitative estimate of drug-likeness (QED) is 0.903. The predicted octanol–water partition coefficient (Wildman–Crippen LogP) is 4.03. The normalized spacial score (nSPS) is 12.5. The Labute approximate surface area is 113 Å². The molecular weight excluding hydrogens is 277 g/mol. The molecule has 5 heteroatoms. The van der Waals surface area contributed by atoms with Gasteiger partial charge in [0, 0.05) is 23.1 Å². The van der Waals surface area contributed by atoms with Gasteiger partial charge in [-0.15, -0.1) is 0 Å². The average Bonchev–Trinajstić information content (AvgIpc) is 2.30. The molecule has 0 aromatic heterocycles. The standard InChI is InChI=1S/C14H10ClF3O/c15-9-1-2-13(18)12(6-9)14(19)5-8-3-10(16)7-11(17)4-8/h1-4,6-7,14,19H,5H2. The number of halogens is 4. The molecule has 0 bridgehead atoms. The summed E-state index contributed by atoms with van der Waals surface area (Å²) < 4.78 is 39.5. The Hall–Kier alpha value is -1.52. The van der Waals surface area contributed by atoms with Gasteiger partial charge in [-0.2, -0.15) is 0 Å². The summed E-state index contributed by atoms with van der Waals surface area (Å²) in [6, 6.07) is 6.69. The Morgan fingerprint density at radius 2 is 1.63 bits per heavy atom. The van der Waals surface area contributed by atoms with Crippen molar-refractivity contribution in [3.63, 3.8) is 0 Å². The SMILES string of the molecule is OC(Cc1cc(F)cc(F)c1)c1cc(Cl)ccc1F. The van der Waals surface area contributed by atoms with Crippen molar-refractivity contribution in [2.45, 2.75) is 12.5 Å². The smallest absolute Gasteiger partial charge is 0.129 e. The fraction of sp³-hybridized carbons (Fsp3) is 0.143. The van der Waals surface area contributed by atoms with Crippen LogP contribution in [0.1, 0.15) is 17.2 Å². The third-order valence-electron chi connectivity index (χ3n) is 2.67. The minimum atomic E-state index is -1.22. The first-order chi connectivity index (χ1) is 8.95. The number of aliphatic hydroxyl groups excluding tert-OH is 1. The Morgan fingerprint density at radius 1 is 1.00 bits per heavy atom. The van der Waals surface area contributed by atoms with E-state index >= 15 is 0 Å². The maximum Gasteiger partial charge on any atom is 0.129 e. The lowest BCUT2D eigenvalue weighted by Gasteiger charge is -2.12. The molecule has 0 amide bonds. The molecule has 1 nitrogen and oxygen atoms in total. The van der Waals surface area contributed by atoms with Crippen LogP contribution in [-0.4, -0.2) is 5.11 Å². The highest BCUT2D eigenvalue weighted by molar-refractivity contribution is 6.30. The van der Waals surface area contributed by atoms with E-state index in [0.717, 1.165) is 24.3 Å². The Morgan fingerprint density at radius 3 is 2.26 bits per heavy atom. The van der Waals surface area contributed by atoms with Gasteiger partial charge in [0.15, 0.2) is 0 Å². The summed E-state index contributed by atoms with van der Waals surface area (Å²) in [6.07, 6.45) is -1.33. The summed E-state index contributed by atoms with van der Waals surface area (Å²) in [5, 5.41) is 10.2. The van der Waals surface area contributed by atoms with Crippen LogP contribution < -0.4 is 0 Å². The van der Waals surface area contributed by atoms with E-state index in [1.807, 2.05) is 0 Å². The molecule has 0 fully saturated rings. The molecule has 0 spiro atoms. The summed E-state index contributed by atoms with van der Waals surface area (Å²) in [4.78, 5) is 0. The molecule has 0 saturated heterocycles.